The van der Waals surface area contributed by atoms with E-state index in [4.69, 9.17) is 0 Å². The average molecular weight is 511 g/mol. The molecule has 0 bridgehead atoms. The van der Waals surface area contributed by atoms with Crippen LogP contribution in [0, 0.1) is 0 Å². The molecule has 1 aliphatic heterocycles. The minimum atomic E-state index is -0.294. The van der Waals surface area contributed by atoms with Gasteiger partial charge < -0.3 is 4.57 Å². The number of pyridine rings is 2. The molecule has 190 valence electrons. The maximum absolute atomic E-state index is 13.2. The average Bonchev–Trinajstić information content (AvgIpc) is 3.45. The molecule has 6 aromatic rings. The van der Waals surface area contributed by atoms with Crippen LogP contribution in [0.15, 0.2) is 104 Å². The molecule has 0 aliphatic carbocycles. The van der Waals surface area contributed by atoms with Crippen molar-refractivity contribution in [2.24, 2.45) is 0 Å². The highest BCUT2D eigenvalue weighted by Gasteiger charge is 2.35. The lowest BCUT2D eigenvalue weighted by atomic mass is 10.0. The Bertz CT molecular complexity index is 1780. The Morgan fingerprint density at radius 3 is 1.69 bits per heavy atom. The Morgan fingerprint density at radius 1 is 0.615 bits per heavy atom. The van der Waals surface area contributed by atoms with Crippen molar-refractivity contribution in [3.05, 3.63) is 115 Å². The Balaban J connectivity index is 0.00000135. The second-order valence-corrected chi connectivity index (χ2v) is 9.15. The normalized spacial score (nSPS) is 12.5. The highest BCUT2D eigenvalue weighted by Crippen LogP contribution is 2.39. The zero-order valence-corrected chi connectivity index (χ0v) is 21.9. The predicted octanol–water partition coefficient (Wildman–Crippen LogP) is 7.16. The van der Waals surface area contributed by atoms with Crippen LogP contribution >= 0.6 is 0 Å². The smallest absolute Gasteiger partial charge is 0.263 e. The van der Waals surface area contributed by atoms with E-state index in [1.807, 2.05) is 62.6 Å². The summed E-state index contributed by atoms with van der Waals surface area (Å²) in [6, 6.07) is 26.0. The molecule has 0 fully saturated rings. The SMILES string of the molecule is CC.CN1C(=O)c2cccc(-n3c4cc(-c5cccnc5)ccc4c4ccc(-c5cccnc5)cc43)c2C1=O. The first kappa shape index (κ1) is 24.2. The number of nitrogens with zero attached hydrogens (tertiary/aromatic N) is 4. The van der Waals surface area contributed by atoms with Crippen molar-refractivity contribution >= 4 is 33.6 Å². The van der Waals surface area contributed by atoms with Crippen molar-refractivity contribution in [2.75, 3.05) is 7.05 Å². The molecule has 0 atom stereocenters. The van der Waals surface area contributed by atoms with Gasteiger partial charge in [-0.1, -0.05) is 56.3 Å². The van der Waals surface area contributed by atoms with Gasteiger partial charge in [0.25, 0.3) is 11.8 Å². The number of fused-ring (bicyclic) bond motifs is 4. The molecule has 0 unspecified atom stereocenters. The van der Waals surface area contributed by atoms with Crippen LogP contribution in [0.1, 0.15) is 34.6 Å². The monoisotopic (exact) mass is 510 g/mol. The molecule has 6 nitrogen and oxygen atoms in total. The van der Waals surface area contributed by atoms with Crippen molar-refractivity contribution in [3.63, 3.8) is 0 Å². The molecule has 0 radical (unpaired) electrons. The van der Waals surface area contributed by atoms with Crippen molar-refractivity contribution in [3.8, 4) is 27.9 Å². The molecule has 0 spiro atoms. The zero-order chi connectivity index (χ0) is 27.1. The number of amides is 2. The summed E-state index contributed by atoms with van der Waals surface area (Å²) in [4.78, 5) is 35.8. The first-order valence-electron chi connectivity index (χ1n) is 13.0. The number of hydrogen-bond donors (Lipinski definition) is 0. The molecule has 4 heterocycles. The van der Waals surface area contributed by atoms with Gasteiger partial charge in [-0.3, -0.25) is 24.5 Å². The van der Waals surface area contributed by atoms with Gasteiger partial charge in [0.05, 0.1) is 27.8 Å². The summed E-state index contributed by atoms with van der Waals surface area (Å²) in [5.74, 6) is -0.577. The van der Waals surface area contributed by atoms with Crippen molar-refractivity contribution in [1.82, 2.24) is 19.4 Å². The molecule has 0 N–H and O–H groups in total. The fourth-order valence-electron chi connectivity index (χ4n) is 5.27. The third-order valence-electron chi connectivity index (χ3n) is 7.09. The summed E-state index contributed by atoms with van der Waals surface area (Å²) < 4.78 is 2.10. The summed E-state index contributed by atoms with van der Waals surface area (Å²) >= 11 is 0. The molecule has 1 aliphatic rings. The van der Waals surface area contributed by atoms with E-state index in [0.29, 0.717) is 16.8 Å². The minimum absolute atomic E-state index is 0.283. The van der Waals surface area contributed by atoms with Gasteiger partial charge in [0.2, 0.25) is 0 Å². The maximum atomic E-state index is 13.2. The van der Waals surface area contributed by atoms with Crippen LogP contribution < -0.4 is 0 Å². The summed E-state index contributed by atoms with van der Waals surface area (Å²) in [7, 11) is 1.53. The van der Waals surface area contributed by atoms with Crippen LogP contribution in [-0.2, 0) is 0 Å². The number of carbonyl (C=O) groups is 2. The van der Waals surface area contributed by atoms with E-state index >= 15 is 0 Å². The van der Waals surface area contributed by atoms with Gasteiger partial charge >= 0.3 is 0 Å². The number of benzene rings is 3. The first-order chi connectivity index (χ1) is 19.1. The topological polar surface area (TPSA) is 68.1 Å². The second-order valence-electron chi connectivity index (χ2n) is 9.15. The fraction of sp³-hybridized carbons (Fsp3) is 0.0909. The molecule has 0 saturated heterocycles. The number of carbonyl (C=O) groups excluding carboxylic acids is 2. The van der Waals surface area contributed by atoms with Gasteiger partial charge in [0.15, 0.2) is 0 Å². The lowest BCUT2D eigenvalue weighted by Gasteiger charge is -2.13. The van der Waals surface area contributed by atoms with Gasteiger partial charge in [-0.05, 0) is 47.5 Å². The van der Waals surface area contributed by atoms with Crippen LogP contribution in [0.4, 0.5) is 0 Å². The predicted molar refractivity (Wildman–Crippen MR) is 155 cm³/mol. The van der Waals surface area contributed by atoms with Gasteiger partial charge in [-0.2, -0.15) is 0 Å². The number of aromatic nitrogens is 3. The van der Waals surface area contributed by atoms with E-state index in [1.54, 1.807) is 18.5 Å². The van der Waals surface area contributed by atoms with Gasteiger partial charge in [0.1, 0.15) is 0 Å². The first-order valence-corrected chi connectivity index (χ1v) is 13.0. The standard InChI is InChI=1S/C31H20N4O2.C2H6/c1-34-30(36)25-7-2-8-26(29(25)31(34)37)35-27-15-19(21-5-3-13-32-17-21)9-11-23(27)24-12-10-20(16-28(24)35)22-6-4-14-33-18-22;1-2/h2-18H,1H3;1-2H3. The Morgan fingerprint density at radius 2 is 1.18 bits per heavy atom. The van der Waals surface area contributed by atoms with Crippen LogP contribution in [0.2, 0.25) is 0 Å². The third kappa shape index (κ3) is 3.80. The van der Waals surface area contributed by atoms with E-state index in [1.165, 1.54) is 11.9 Å². The minimum Gasteiger partial charge on any atom is -0.308 e. The van der Waals surface area contributed by atoms with Crippen LogP contribution in [0.25, 0.3) is 49.7 Å². The Kier molecular flexibility index (Phi) is 6.00. The Hall–Kier alpha value is -5.10. The van der Waals surface area contributed by atoms with Crippen molar-refractivity contribution in [1.29, 1.82) is 0 Å². The van der Waals surface area contributed by atoms with E-state index in [2.05, 4.69) is 50.9 Å². The van der Waals surface area contributed by atoms with Crippen LogP contribution in [0.5, 0.6) is 0 Å². The molecule has 0 saturated carbocycles. The molecule has 2 amide bonds. The number of hydrogen-bond acceptors (Lipinski definition) is 4. The van der Waals surface area contributed by atoms with Gasteiger partial charge in [-0.15, -0.1) is 0 Å². The second kappa shape index (κ2) is 9.65. The molecule has 3 aromatic heterocycles. The number of rotatable bonds is 3. The van der Waals surface area contributed by atoms with E-state index in [9.17, 15) is 9.59 Å². The fourth-order valence-corrected chi connectivity index (χ4v) is 5.27. The summed E-state index contributed by atoms with van der Waals surface area (Å²) in [5.41, 5.74) is 7.47. The maximum Gasteiger partial charge on any atom is 0.263 e. The van der Waals surface area contributed by atoms with Crippen molar-refractivity contribution in [2.45, 2.75) is 13.8 Å². The molecular weight excluding hydrogens is 484 g/mol. The summed E-state index contributed by atoms with van der Waals surface area (Å²) in [6.45, 7) is 4.00. The molecule has 6 heteroatoms. The molecule has 3 aromatic carbocycles. The van der Waals surface area contributed by atoms with Crippen LogP contribution in [-0.4, -0.2) is 38.3 Å². The lowest BCUT2D eigenvalue weighted by molar-refractivity contribution is 0.0693. The van der Waals surface area contributed by atoms with Crippen LogP contribution in [0.3, 0.4) is 0 Å². The van der Waals surface area contributed by atoms with E-state index in [-0.39, 0.29) is 11.8 Å². The Labute approximate surface area is 226 Å². The molecule has 39 heavy (non-hydrogen) atoms. The largest absolute Gasteiger partial charge is 0.308 e. The quantitative estimate of drug-likeness (QED) is 0.237. The zero-order valence-electron chi connectivity index (χ0n) is 21.9. The van der Waals surface area contributed by atoms with E-state index < -0.39 is 0 Å². The summed E-state index contributed by atoms with van der Waals surface area (Å²) in [6.07, 6.45) is 7.19. The van der Waals surface area contributed by atoms with E-state index in [0.717, 1.165) is 44.1 Å². The number of imide groups is 1. The van der Waals surface area contributed by atoms with Gasteiger partial charge in [0, 0.05) is 53.7 Å². The lowest BCUT2D eigenvalue weighted by Crippen LogP contribution is -2.24. The summed E-state index contributed by atoms with van der Waals surface area (Å²) in [5, 5.41) is 2.12. The van der Waals surface area contributed by atoms with Crippen molar-refractivity contribution < 1.29 is 9.59 Å². The van der Waals surface area contributed by atoms with Gasteiger partial charge in [-0.25, -0.2) is 0 Å². The highest BCUT2D eigenvalue weighted by atomic mass is 16.2. The highest BCUT2D eigenvalue weighted by molar-refractivity contribution is 6.23. The molecular formula is C33H26N4O2. The third-order valence-corrected chi connectivity index (χ3v) is 7.09. The molecule has 7 rings (SSSR count).